The van der Waals surface area contributed by atoms with E-state index in [2.05, 4.69) is 5.32 Å². The van der Waals surface area contributed by atoms with Gasteiger partial charge in [-0.15, -0.1) is 0 Å². The first kappa shape index (κ1) is 9.30. The molecule has 1 aromatic carbocycles. The Balaban J connectivity index is 1.98. The van der Waals surface area contributed by atoms with Gasteiger partial charge < -0.3 is 20.5 Å². The minimum atomic E-state index is 0.333. The van der Waals surface area contributed by atoms with Crippen molar-refractivity contribution in [1.29, 1.82) is 0 Å². The van der Waals surface area contributed by atoms with Gasteiger partial charge in [-0.3, -0.25) is 0 Å². The van der Waals surface area contributed by atoms with E-state index in [4.69, 9.17) is 15.2 Å². The van der Waals surface area contributed by atoms with Gasteiger partial charge in [-0.25, -0.2) is 0 Å². The number of hydrogen-bond donors (Lipinski definition) is 2. The third-order valence-corrected chi connectivity index (χ3v) is 2.17. The predicted molar refractivity (Wildman–Crippen MR) is 53.3 cm³/mol. The molecule has 0 atom stereocenters. The quantitative estimate of drug-likeness (QED) is 0.540. The van der Waals surface area contributed by atoms with Gasteiger partial charge in [0.1, 0.15) is 0 Å². The second-order valence-corrected chi connectivity index (χ2v) is 3.14. The molecule has 1 aliphatic rings. The molecule has 14 heavy (non-hydrogen) atoms. The molecule has 1 aromatic rings. The van der Waals surface area contributed by atoms with Crippen molar-refractivity contribution in [2.24, 2.45) is 5.73 Å². The molecule has 1 aliphatic heterocycles. The molecule has 0 unspecified atom stereocenters. The van der Waals surface area contributed by atoms with Gasteiger partial charge in [-0.2, -0.15) is 0 Å². The Morgan fingerprint density at radius 2 is 2.14 bits per heavy atom. The first-order valence-corrected chi connectivity index (χ1v) is 4.69. The van der Waals surface area contributed by atoms with Crippen molar-refractivity contribution >= 4 is 0 Å². The maximum absolute atomic E-state index is 5.33. The molecule has 3 N–H and O–H groups in total. The van der Waals surface area contributed by atoms with Crippen LogP contribution in [0.3, 0.4) is 0 Å². The highest BCUT2D eigenvalue weighted by Crippen LogP contribution is 2.32. The van der Waals surface area contributed by atoms with Gasteiger partial charge in [-0.05, 0) is 24.1 Å². The lowest BCUT2D eigenvalue weighted by Gasteiger charge is -2.03. The number of hydrogen-bond acceptors (Lipinski definition) is 4. The highest BCUT2D eigenvalue weighted by molar-refractivity contribution is 5.44. The Kier molecular flexibility index (Phi) is 2.86. The first-order valence-electron chi connectivity index (χ1n) is 4.69. The Bertz CT molecular complexity index is 315. The van der Waals surface area contributed by atoms with Gasteiger partial charge in [0.15, 0.2) is 11.5 Å². The van der Waals surface area contributed by atoms with E-state index in [-0.39, 0.29) is 0 Å². The number of ether oxygens (including phenoxy) is 2. The topological polar surface area (TPSA) is 56.5 Å². The molecule has 0 aliphatic carbocycles. The van der Waals surface area contributed by atoms with Crippen LogP contribution in [0.5, 0.6) is 11.5 Å². The Morgan fingerprint density at radius 3 is 3.00 bits per heavy atom. The maximum Gasteiger partial charge on any atom is 0.231 e. The fourth-order valence-electron chi connectivity index (χ4n) is 1.43. The van der Waals surface area contributed by atoms with Gasteiger partial charge in [0.2, 0.25) is 6.79 Å². The summed E-state index contributed by atoms with van der Waals surface area (Å²) in [5, 5.41) is 3.07. The van der Waals surface area contributed by atoms with Gasteiger partial charge in [0.05, 0.1) is 0 Å². The molecule has 0 fully saturated rings. The third-order valence-electron chi connectivity index (χ3n) is 2.17. The minimum Gasteiger partial charge on any atom is -0.454 e. The van der Waals surface area contributed by atoms with E-state index in [9.17, 15) is 0 Å². The summed E-state index contributed by atoms with van der Waals surface area (Å²) in [6, 6.07) is 6.01. The summed E-state index contributed by atoms with van der Waals surface area (Å²) in [5.74, 6) is 1.68. The molecule has 0 radical (unpaired) electrons. The molecule has 0 saturated heterocycles. The molecule has 1 heterocycles. The highest BCUT2D eigenvalue weighted by atomic mass is 16.7. The number of benzene rings is 1. The third kappa shape index (κ3) is 1.97. The van der Waals surface area contributed by atoms with E-state index in [1.54, 1.807) is 0 Å². The van der Waals surface area contributed by atoms with Crippen molar-refractivity contribution in [3.05, 3.63) is 23.8 Å². The lowest BCUT2D eigenvalue weighted by molar-refractivity contribution is 0.174. The van der Waals surface area contributed by atoms with Crippen LogP contribution in [0.1, 0.15) is 5.56 Å². The van der Waals surface area contributed by atoms with E-state index in [0.717, 1.165) is 24.5 Å². The molecule has 0 bridgehead atoms. The van der Waals surface area contributed by atoms with Crippen molar-refractivity contribution in [2.75, 3.05) is 20.0 Å². The van der Waals surface area contributed by atoms with E-state index in [0.29, 0.717) is 13.5 Å². The van der Waals surface area contributed by atoms with E-state index in [1.165, 1.54) is 5.56 Å². The molecular formula is C10H14N2O2. The van der Waals surface area contributed by atoms with E-state index < -0.39 is 0 Å². The average molecular weight is 194 g/mol. The number of fused-ring (bicyclic) bond motifs is 1. The summed E-state index contributed by atoms with van der Waals surface area (Å²) in [6.45, 7) is 1.74. The van der Waals surface area contributed by atoms with Crippen molar-refractivity contribution in [1.82, 2.24) is 5.32 Å². The van der Waals surface area contributed by atoms with Crippen molar-refractivity contribution in [3.63, 3.8) is 0 Å². The summed E-state index contributed by atoms with van der Waals surface area (Å²) in [7, 11) is 0. The van der Waals surface area contributed by atoms with Crippen LogP contribution in [-0.4, -0.2) is 20.0 Å². The summed E-state index contributed by atoms with van der Waals surface area (Å²) in [6.07, 6.45) is 0.952. The zero-order chi connectivity index (χ0) is 9.80. The van der Waals surface area contributed by atoms with Gasteiger partial charge >= 0.3 is 0 Å². The normalized spacial score (nSPS) is 13.2. The van der Waals surface area contributed by atoms with E-state index in [1.807, 2.05) is 18.2 Å². The SMILES string of the molecule is NCNCCc1ccc2c(c1)OCO2. The molecule has 76 valence electrons. The largest absolute Gasteiger partial charge is 0.454 e. The van der Waals surface area contributed by atoms with Gasteiger partial charge in [0.25, 0.3) is 0 Å². The Hall–Kier alpha value is -1.26. The van der Waals surface area contributed by atoms with Crippen LogP contribution in [0.15, 0.2) is 18.2 Å². The molecule has 0 saturated carbocycles. The van der Waals surface area contributed by atoms with Crippen LogP contribution < -0.4 is 20.5 Å². The molecule has 2 rings (SSSR count). The fraction of sp³-hybridized carbons (Fsp3) is 0.400. The summed E-state index contributed by atoms with van der Waals surface area (Å²) >= 11 is 0. The second kappa shape index (κ2) is 4.30. The number of rotatable bonds is 4. The van der Waals surface area contributed by atoms with Crippen molar-refractivity contribution in [2.45, 2.75) is 6.42 Å². The standard InChI is InChI=1S/C10H14N2O2/c11-6-12-4-3-8-1-2-9-10(5-8)14-7-13-9/h1-2,5,12H,3-4,6-7,11H2. The second-order valence-electron chi connectivity index (χ2n) is 3.14. The van der Waals surface area contributed by atoms with Crippen LogP contribution in [0, 0.1) is 0 Å². The molecule has 0 aromatic heterocycles. The number of nitrogens with one attached hydrogen (secondary N) is 1. The molecule has 0 spiro atoms. The van der Waals surface area contributed by atoms with Crippen LogP contribution in [0.25, 0.3) is 0 Å². The van der Waals surface area contributed by atoms with Crippen molar-refractivity contribution in [3.8, 4) is 11.5 Å². The van der Waals surface area contributed by atoms with Crippen LogP contribution in [0.2, 0.25) is 0 Å². The summed E-state index contributed by atoms with van der Waals surface area (Å²) < 4.78 is 10.5. The van der Waals surface area contributed by atoms with Crippen molar-refractivity contribution < 1.29 is 9.47 Å². The zero-order valence-corrected chi connectivity index (χ0v) is 7.95. The summed E-state index contributed by atoms with van der Waals surface area (Å²) in [4.78, 5) is 0. The van der Waals surface area contributed by atoms with Crippen LogP contribution >= 0.6 is 0 Å². The van der Waals surface area contributed by atoms with Gasteiger partial charge in [0, 0.05) is 13.2 Å². The highest BCUT2D eigenvalue weighted by Gasteiger charge is 2.12. The molecular weight excluding hydrogens is 180 g/mol. The first-order chi connectivity index (χ1) is 6.90. The smallest absolute Gasteiger partial charge is 0.231 e. The monoisotopic (exact) mass is 194 g/mol. The van der Waals surface area contributed by atoms with Gasteiger partial charge in [-0.1, -0.05) is 6.07 Å². The lowest BCUT2D eigenvalue weighted by atomic mass is 10.1. The zero-order valence-electron chi connectivity index (χ0n) is 7.95. The predicted octanol–water partition coefficient (Wildman–Crippen LogP) is 0.464. The Morgan fingerprint density at radius 1 is 1.29 bits per heavy atom. The van der Waals surface area contributed by atoms with Crippen LogP contribution in [0.4, 0.5) is 0 Å². The van der Waals surface area contributed by atoms with Crippen LogP contribution in [-0.2, 0) is 6.42 Å². The number of nitrogens with two attached hydrogens (primary N) is 1. The average Bonchev–Trinajstić information content (AvgIpc) is 2.65. The molecule has 4 nitrogen and oxygen atoms in total. The maximum atomic E-state index is 5.33. The minimum absolute atomic E-state index is 0.333. The molecule has 4 heteroatoms. The molecule has 0 amide bonds. The van der Waals surface area contributed by atoms with E-state index >= 15 is 0 Å². The summed E-state index contributed by atoms with van der Waals surface area (Å²) in [5.41, 5.74) is 6.56. The Labute approximate surface area is 83.0 Å². The lowest BCUT2D eigenvalue weighted by Crippen LogP contribution is -2.24. The fourth-order valence-corrected chi connectivity index (χ4v) is 1.43.